The number of nitrogens with zero attached hydrogens (tertiary/aromatic N) is 3. The van der Waals surface area contributed by atoms with Crippen molar-refractivity contribution in [3.63, 3.8) is 0 Å². The summed E-state index contributed by atoms with van der Waals surface area (Å²) in [6.45, 7) is 7.41. The predicted octanol–water partition coefficient (Wildman–Crippen LogP) is 2.91. The average molecular weight is 452 g/mol. The van der Waals surface area contributed by atoms with Gasteiger partial charge in [-0.2, -0.15) is 0 Å². The first-order valence-electron chi connectivity index (χ1n) is 11.8. The van der Waals surface area contributed by atoms with E-state index in [4.69, 9.17) is 4.74 Å². The number of aromatic nitrogens is 1. The van der Waals surface area contributed by atoms with Crippen LogP contribution in [-0.2, 0) is 14.3 Å². The maximum atomic E-state index is 12.7. The van der Waals surface area contributed by atoms with E-state index in [0.29, 0.717) is 25.3 Å². The number of anilines is 3. The van der Waals surface area contributed by atoms with Crippen LogP contribution in [0.25, 0.3) is 0 Å². The number of benzene rings is 1. The fraction of sp³-hybridized carbons (Fsp3) is 0.480. The van der Waals surface area contributed by atoms with Crippen LogP contribution in [0.15, 0.2) is 42.5 Å². The summed E-state index contributed by atoms with van der Waals surface area (Å²) in [6, 6.07) is 13.6. The molecule has 2 N–H and O–H groups in total. The number of morpholine rings is 1. The zero-order valence-corrected chi connectivity index (χ0v) is 19.3. The summed E-state index contributed by atoms with van der Waals surface area (Å²) >= 11 is 0. The van der Waals surface area contributed by atoms with Crippen LogP contribution in [0.3, 0.4) is 0 Å². The van der Waals surface area contributed by atoms with E-state index >= 15 is 0 Å². The van der Waals surface area contributed by atoms with Crippen LogP contribution in [-0.4, -0.2) is 67.6 Å². The standard InChI is InChI=1S/C25H33N5O3/c1-19-4-2-6-23(26-19)28-25(32)20-5-3-12-29(18-20)13-11-24(31)27-21-7-9-22(10-8-21)30-14-16-33-17-15-30/h2,4,6-10,20H,3,5,11-18H2,1H3,(H,27,31)(H,26,28,32). The van der Waals surface area contributed by atoms with Crippen molar-refractivity contribution in [2.24, 2.45) is 5.92 Å². The Bertz CT molecular complexity index is 943. The van der Waals surface area contributed by atoms with E-state index in [0.717, 1.165) is 62.8 Å². The number of hydrogen-bond acceptors (Lipinski definition) is 6. The van der Waals surface area contributed by atoms with Gasteiger partial charge in [-0.1, -0.05) is 6.07 Å². The lowest BCUT2D eigenvalue weighted by Gasteiger charge is -2.31. The second-order valence-corrected chi connectivity index (χ2v) is 8.74. The number of hydrogen-bond donors (Lipinski definition) is 2. The van der Waals surface area contributed by atoms with Gasteiger partial charge < -0.3 is 25.2 Å². The van der Waals surface area contributed by atoms with Gasteiger partial charge in [0.15, 0.2) is 0 Å². The van der Waals surface area contributed by atoms with E-state index in [1.165, 1.54) is 0 Å². The third-order valence-corrected chi connectivity index (χ3v) is 6.20. The highest BCUT2D eigenvalue weighted by atomic mass is 16.5. The van der Waals surface area contributed by atoms with Crippen LogP contribution >= 0.6 is 0 Å². The molecule has 0 radical (unpaired) electrons. The molecule has 1 atom stereocenters. The molecule has 0 aliphatic carbocycles. The van der Waals surface area contributed by atoms with Crippen LogP contribution < -0.4 is 15.5 Å². The van der Waals surface area contributed by atoms with Crippen molar-refractivity contribution in [3.8, 4) is 0 Å². The Morgan fingerprint density at radius 1 is 1.06 bits per heavy atom. The molecule has 0 spiro atoms. The zero-order chi connectivity index (χ0) is 23.0. The smallest absolute Gasteiger partial charge is 0.229 e. The first-order chi connectivity index (χ1) is 16.1. The third kappa shape index (κ3) is 6.76. The van der Waals surface area contributed by atoms with Crippen molar-refractivity contribution in [3.05, 3.63) is 48.2 Å². The Hall–Kier alpha value is -2.97. The van der Waals surface area contributed by atoms with Gasteiger partial charge in [0.05, 0.1) is 19.1 Å². The number of carbonyl (C=O) groups excluding carboxylic acids is 2. The number of likely N-dealkylation sites (tertiary alicyclic amines) is 1. The maximum Gasteiger partial charge on any atom is 0.229 e. The molecule has 0 bridgehead atoms. The molecule has 2 fully saturated rings. The van der Waals surface area contributed by atoms with Gasteiger partial charge in [0, 0.05) is 49.7 Å². The van der Waals surface area contributed by atoms with Crippen LogP contribution in [0.2, 0.25) is 0 Å². The van der Waals surface area contributed by atoms with Gasteiger partial charge in [0.2, 0.25) is 11.8 Å². The number of ether oxygens (including phenoxy) is 1. The first kappa shape index (κ1) is 23.2. The molecule has 33 heavy (non-hydrogen) atoms. The fourth-order valence-electron chi connectivity index (χ4n) is 4.37. The monoisotopic (exact) mass is 451 g/mol. The summed E-state index contributed by atoms with van der Waals surface area (Å²) in [5.74, 6) is 0.500. The van der Waals surface area contributed by atoms with Crippen molar-refractivity contribution < 1.29 is 14.3 Å². The number of nitrogens with one attached hydrogen (secondary N) is 2. The molecule has 2 amide bonds. The van der Waals surface area contributed by atoms with Gasteiger partial charge in [0.25, 0.3) is 0 Å². The second kappa shape index (κ2) is 11.2. The topological polar surface area (TPSA) is 86.8 Å². The first-order valence-corrected chi connectivity index (χ1v) is 11.8. The highest BCUT2D eigenvalue weighted by Gasteiger charge is 2.26. The predicted molar refractivity (Wildman–Crippen MR) is 129 cm³/mol. The van der Waals surface area contributed by atoms with Crippen molar-refractivity contribution in [1.29, 1.82) is 0 Å². The van der Waals surface area contributed by atoms with E-state index in [1.807, 2.05) is 49.4 Å². The largest absolute Gasteiger partial charge is 0.378 e. The summed E-state index contributed by atoms with van der Waals surface area (Å²) in [5, 5.41) is 5.92. The minimum Gasteiger partial charge on any atom is -0.378 e. The molecule has 8 nitrogen and oxygen atoms in total. The molecule has 2 saturated heterocycles. The average Bonchev–Trinajstić information content (AvgIpc) is 2.84. The summed E-state index contributed by atoms with van der Waals surface area (Å²) in [6.07, 6.45) is 2.21. The van der Waals surface area contributed by atoms with Crippen molar-refractivity contribution in [1.82, 2.24) is 9.88 Å². The Balaban J connectivity index is 1.21. The molecule has 2 aliphatic rings. The van der Waals surface area contributed by atoms with E-state index < -0.39 is 0 Å². The Morgan fingerprint density at radius 2 is 1.85 bits per heavy atom. The molecule has 8 heteroatoms. The summed E-state index contributed by atoms with van der Waals surface area (Å²) < 4.78 is 5.40. The van der Waals surface area contributed by atoms with Crippen molar-refractivity contribution in [2.45, 2.75) is 26.2 Å². The molecule has 4 rings (SSSR count). The Morgan fingerprint density at radius 3 is 2.61 bits per heavy atom. The summed E-state index contributed by atoms with van der Waals surface area (Å²) in [7, 11) is 0. The number of piperidine rings is 1. The molecule has 176 valence electrons. The van der Waals surface area contributed by atoms with Gasteiger partial charge in [-0.15, -0.1) is 0 Å². The van der Waals surface area contributed by atoms with Gasteiger partial charge in [0.1, 0.15) is 5.82 Å². The normalized spacial score (nSPS) is 19.2. The number of carbonyl (C=O) groups is 2. The minimum absolute atomic E-state index is 0.00242. The summed E-state index contributed by atoms with van der Waals surface area (Å²) in [5.41, 5.74) is 2.83. The fourth-order valence-corrected chi connectivity index (χ4v) is 4.37. The van der Waals surface area contributed by atoms with Gasteiger partial charge >= 0.3 is 0 Å². The van der Waals surface area contributed by atoms with Gasteiger partial charge in [-0.3, -0.25) is 9.59 Å². The molecule has 2 aliphatic heterocycles. The van der Waals surface area contributed by atoms with Crippen molar-refractivity contribution >= 4 is 29.0 Å². The molecular weight excluding hydrogens is 418 g/mol. The SMILES string of the molecule is Cc1cccc(NC(=O)C2CCCN(CCC(=O)Nc3ccc(N4CCOCC4)cc3)C2)n1. The molecule has 1 unspecified atom stereocenters. The summed E-state index contributed by atoms with van der Waals surface area (Å²) in [4.78, 5) is 34.0. The third-order valence-electron chi connectivity index (χ3n) is 6.20. The number of amides is 2. The minimum atomic E-state index is -0.0862. The number of rotatable bonds is 7. The highest BCUT2D eigenvalue weighted by molar-refractivity contribution is 5.92. The molecule has 2 aromatic rings. The van der Waals surface area contributed by atoms with Crippen molar-refractivity contribution in [2.75, 3.05) is 61.5 Å². The molecule has 1 aromatic heterocycles. The van der Waals surface area contributed by atoms with E-state index in [-0.39, 0.29) is 17.7 Å². The second-order valence-electron chi connectivity index (χ2n) is 8.74. The van der Waals surface area contributed by atoms with E-state index in [2.05, 4.69) is 25.4 Å². The highest BCUT2D eigenvalue weighted by Crippen LogP contribution is 2.20. The zero-order valence-electron chi connectivity index (χ0n) is 19.3. The number of aryl methyl sites for hydroxylation is 1. The quantitative estimate of drug-likeness (QED) is 0.673. The van der Waals surface area contributed by atoms with Gasteiger partial charge in [-0.05, 0) is 62.7 Å². The van der Waals surface area contributed by atoms with E-state index in [9.17, 15) is 9.59 Å². The molecule has 3 heterocycles. The molecule has 0 saturated carbocycles. The Labute approximate surface area is 195 Å². The van der Waals surface area contributed by atoms with Crippen LogP contribution in [0.5, 0.6) is 0 Å². The lowest BCUT2D eigenvalue weighted by molar-refractivity contribution is -0.121. The van der Waals surface area contributed by atoms with E-state index in [1.54, 1.807) is 0 Å². The lowest BCUT2D eigenvalue weighted by Crippen LogP contribution is -2.41. The van der Waals surface area contributed by atoms with Crippen LogP contribution in [0.4, 0.5) is 17.2 Å². The van der Waals surface area contributed by atoms with Crippen LogP contribution in [0, 0.1) is 12.8 Å². The maximum absolute atomic E-state index is 12.7. The molecule has 1 aromatic carbocycles. The lowest BCUT2D eigenvalue weighted by atomic mass is 9.97. The van der Waals surface area contributed by atoms with Gasteiger partial charge in [-0.25, -0.2) is 4.98 Å². The molecular formula is C25H33N5O3. The number of pyridine rings is 1. The van der Waals surface area contributed by atoms with Crippen LogP contribution in [0.1, 0.15) is 25.0 Å². The Kier molecular flexibility index (Phi) is 7.91.